The number of hydrogen-bond acceptors (Lipinski definition) is 2. The van der Waals surface area contributed by atoms with Gasteiger partial charge in [-0.1, -0.05) is 18.2 Å². The quantitative estimate of drug-likeness (QED) is 0.432. The van der Waals surface area contributed by atoms with Gasteiger partial charge in [0.15, 0.2) is 0 Å². The molecule has 0 aliphatic heterocycles. The van der Waals surface area contributed by atoms with Crippen molar-refractivity contribution in [1.29, 1.82) is 0 Å². The SMILES string of the molecule is CCOC(=O)/C(=C\c1ccccc1C(F)(F)F)CCCCl. The lowest BCUT2D eigenvalue weighted by Gasteiger charge is -2.12. The number of benzene rings is 1. The van der Waals surface area contributed by atoms with Crippen LogP contribution in [-0.2, 0) is 15.7 Å². The molecule has 0 N–H and O–H groups in total. The first-order valence-electron chi connectivity index (χ1n) is 6.50. The van der Waals surface area contributed by atoms with Gasteiger partial charge in [0.05, 0.1) is 12.2 Å². The average Bonchev–Trinajstić information content (AvgIpc) is 2.43. The minimum atomic E-state index is -4.47. The first-order chi connectivity index (χ1) is 9.90. The molecule has 0 saturated heterocycles. The number of rotatable bonds is 6. The number of hydrogen-bond donors (Lipinski definition) is 0. The Hall–Kier alpha value is -1.49. The van der Waals surface area contributed by atoms with E-state index < -0.39 is 17.7 Å². The highest BCUT2D eigenvalue weighted by Gasteiger charge is 2.32. The third-order valence-corrected chi connectivity index (χ3v) is 2.98. The molecule has 2 nitrogen and oxygen atoms in total. The summed E-state index contributed by atoms with van der Waals surface area (Å²) in [6.45, 7) is 1.80. The maximum absolute atomic E-state index is 12.9. The molecule has 0 atom stereocenters. The third-order valence-electron chi connectivity index (χ3n) is 2.71. The molecule has 116 valence electrons. The molecule has 1 aromatic rings. The van der Waals surface area contributed by atoms with E-state index >= 15 is 0 Å². The van der Waals surface area contributed by atoms with E-state index in [-0.39, 0.29) is 24.2 Å². The summed E-state index contributed by atoms with van der Waals surface area (Å²) < 4.78 is 43.7. The first kappa shape index (κ1) is 17.6. The van der Waals surface area contributed by atoms with Crippen LogP contribution in [0.1, 0.15) is 30.9 Å². The lowest BCUT2D eigenvalue weighted by Crippen LogP contribution is -2.10. The van der Waals surface area contributed by atoms with Gasteiger partial charge in [0.2, 0.25) is 0 Å². The van der Waals surface area contributed by atoms with E-state index in [1.807, 2.05) is 0 Å². The van der Waals surface area contributed by atoms with E-state index in [0.29, 0.717) is 12.3 Å². The Kier molecular flexibility index (Phi) is 6.75. The van der Waals surface area contributed by atoms with Gasteiger partial charge in [0.1, 0.15) is 0 Å². The Morgan fingerprint density at radius 2 is 2.00 bits per heavy atom. The van der Waals surface area contributed by atoms with Crippen LogP contribution in [0.2, 0.25) is 0 Å². The molecule has 0 aliphatic rings. The molecule has 0 saturated carbocycles. The molecular formula is C15H16ClF3O2. The topological polar surface area (TPSA) is 26.3 Å². The van der Waals surface area contributed by atoms with Crippen molar-refractivity contribution in [3.05, 3.63) is 41.0 Å². The van der Waals surface area contributed by atoms with Crippen LogP contribution in [0, 0.1) is 0 Å². The average molecular weight is 321 g/mol. The molecule has 6 heteroatoms. The lowest BCUT2D eigenvalue weighted by atomic mass is 10.0. The maximum Gasteiger partial charge on any atom is 0.416 e. The van der Waals surface area contributed by atoms with E-state index in [9.17, 15) is 18.0 Å². The summed E-state index contributed by atoms with van der Waals surface area (Å²) in [5.74, 6) is -0.294. The second-order valence-electron chi connectivity index (χ2n) is 4.27. The Morgan fingerprint density at radius 1 is 1.33 bits per heavy atom. The molecule has 0 aliphatic carbocycles. The molecule has 1 aromatic carbocycles. The highest BCUT2D eigenvalue weighted by atomic mass is 35.5. The summed E-state index contributed by atoms with van der Waals surface area (Å²) in [5.41, 5.74) is -0.644. The van der Waals surface area contributed by atoms with Crippen molar-refractivity contribution in [2.75, 3.05) is 12.5 Å². The number of ether oxygens (including phenoxy) is 1. The van der Waals surface area contributed by atoms with Crippen LogP contribution in [-0.4, -0.2) is 18.5 Å². The van der Waals surface area contributed by atoms with Gasteiger partial charge in [0.25, 0.3) is 0 Å². The Balaban J connectivity index is 3.18. The zero-order valence-electron chi connectivity index (χ0n) is 11.5. The number of carbonyl (C=O) groups is 1. The van der Waals surface area contributed by atoms with Crippen LogP contribution >= 0.6 is 11.6 Å². The molecule has 1 rings (SSSR count). The fourth-order valence-electron chi connectivity index (χ4n) is 1.78. The number of halogens is 4. The monoisotopic (exact) mass is 320 g/mol. The van der Waals surface area contributed by atoms with Gasteiger partial charge in [-0.2, -0.15) is 13.2 Å². The highest BCUT2D eigenvalue weighted by Crippen LogP contribution is 2.33. The second-order valence-corrected chi connectivity index (χ2v) is 4.65. The fraction of sp³-hybridized carbons (Fsp3) is 0.400. The molecule has 0 spiro atoms. The highest BCUT2D eigenvalue weighted by molar-refractivity contribution is 6.17. The van der Waals surface area contributed by atoms with Crippen LogP contribution in [0.25, 0.3) is 6.08 Å². The Morgan fingerprint density at radius 3 is 2.57 bits per heavy atom. The van der Waals surface area contributed by atoms with E-state index in [0.717, 1.165) is 6.07 Å². The molecule has 0 bridgehead atoms. The lowest BCUT2D eigenvalue weighted by molar-refractivity contribution is -0.139. The van der Waals surface area contributed by atoms with E-state index in [1.165, 1.54) is 24.3 Å². The van der Waals surface area contributed by atoms with Gasteiger partial charge < -0.3 is 4.74 Å². The van der Waals surface area contributed by atoms with Gasteiger partial charge in [-0.15, -0.1) is 11.6 Å². The summed E-state index contributed by atoms with van der Waals surface area (Å²) in [4.78, 5) is 11.8. The van der Waals surface area contributed by atoms with Gasteiger partial charge in [0, 0.05) is 11.5 Å². The van der Waals surface area contributed by atoms with Crippen molar-refractivity contribution in [3.8, 4) is 0 Å². The first-order valence-corrected chi connectivity index (χ1v) is 7.03. The van der Waals surface area contributed by atoms with Crippen molar-refractivity contribution < 1.29 is 22.7 Å². The molecular weight excluding hydrogens is 305 g/mol. The van der Waals surface area contributed by atoms with Crippen LogP contribution in [0.4, 0.5) is 13.2 Å². The molecule has 21 heavy (non-hydrogen) atoms. The third kappa shape index (κ3) is 5.42. The number of carbonyl (C=O) groups excluding carboxylic acids is 1. The maximum atomic E-state index is 12.9. The summed E-state index contributed by atoms with van der Waals surface area (Å²) >= 11 is 5.57. The molecule has 0 amide bonds. The van der Waals surface area contributed by atoms with Crippen LogP contribution in [0.15, 0.2) is 29.8 Å². The van der Waals surface area contributed by atoms with E-state index in [1.54, 1.807) is 6.92 Å². The zero-order chi connectivity index (χ0) is 15.9. The van der Waals surface area contributed by atoms with Gasteiger partial charge in [-0.3, -0.25) is 0 Å². The predicted molar refractivity (Wildman–Crippen MR) is 76.0 cm³/mol. The Bertz CT molecular complexity index is 510. The largest absolute Gasteiger partial charge is 0.463 e. The van der Waals surface area contributed by atoms with Crippen LogP contribution < -0.4 is 0 Å². The van der Waals surface area contributed by atoms with Crippen molar-refractivity contribution in [1.82, 2.24) is 0 Å². The molecule has 0 fully saturated rings. The number of alkyl halides is 4. The standard InChI is InChI=1S/C15H16ClF3O2/c1-2-21-14(20)12(7-5-9-16)10-11-6-3-4-8-13(11)15(17,18)19/h3-4,6,8,10H,2,5,7,9H2,1H3/b12-10-. The zero-order valence-corrected chi connectivity index (χ0v) is 12.3. The Labute approximate surface area is 126 Å². The smallest absolute Gasteiger partial charge is 0.416 e. The number of esters is 1. The minimum absolute atomic E-state index is 0.0531. The summed E-state index contributed by atoms with van der Waals surface area (Å²) in [6.07, 6.45) is -2.48. The molecule has 0 unspecified atom stereocenters. The van der Waals surface area contributed by atoms with Gasteiger partial charge in [-0.25, -0.2) is 4.79 Å². The molecule has 0 aromatic heterocycles. The van der Waals surface area contributed by atoms with E-state index in [2.05, 4.69) is 0 Å². The van der Waals surface area contributed by atoms with Crippen molar-refractivity contribution >= 4 is 23.6 Å². The van der Waals surface area contributed by atoms with Crippen LogP contribution in [0.5, 0.6) is 0 Å². The van der Waals surface area contributed by atoms with Crippen molar-refractivity contribution in [2.24, 2.45) is 0 Å². The van der Waals surface area contributed by atoms with E-state index in [4.69, 9.17) is 16.3 Å². The van der Waals surface area contributed by atoms with Crippen molar-refractivity contribution in [2.45, 2.75) is 25.9 Å². The normalized spacial score (nSPS) is 12.3. The minimum Gasteiger partial charge on any atom is -0.463 e. The summed E-state index contributed by atoms with van der Waals surface area (Å²) in [5, 5.41) is 0. The summed E-state index contributed by atoms with van der Waals surface area (Å²) in [7, 11) is 0. The fourth-order valence-corrected chi connectivity index (χ4v) is 1.92. The van der Waals surface area contributed by atoms with Crippen LogP contribution in [0.3, 0.4) is 0 Å². The molecule has 0 heterocycles. The molecule has 0 radical (unpaired) electrons. The second kappa shape index (κ2) is 8.08. The van der Waals surface area contributed by atoms with Gasteiger partial charge >= 0.3 is 12.1 Å². The predicted octanol–water partition coefficient (Wildman–Crippen LogP) is 4.67. The van der Waals surface area contributed by atoms with Crippen molar-refractivity contribution in [3.63, 3.8) is 0 Å². The summed E-state index contributed by atoms with van der Waals surface area (Å²) in [6, 6.07) is 5.10. The van der Waals surface area contributed by atoms with Gasteiger partial charge in [-0.05, 0) is 37.5 Å².